The first-order chi connectivity index (χ1) is 10.0. The summed E-state index contributed by atoms with van der Waals surface area (Å²) in [5, 5.41) is 11.0. The molecule has 0 fully saturated rings. The topological polar surface area (TPSA) is 50.2 Å². The van der Waals surface area contributed by atoms with Gasteiger partial charge in [0.1, 0.15) is 0 Å². The van der Waals surface area contributed by atoms with Crippen molar-refractivity contribution in [2.75, 3.05) is 0 Å². The molecule has 1 N–H and O–H groups in total. The van der Waals surface area contributed by atoms with Crippen molar-refractivity contribution in [3.05, 3.63) is 39.0 Å². The summed E-state index contributed by atoms with van der Waals surface area (Å²) in [6.07, 6.45) is 3.75. The Morgan fingerprint density at radius 2 is 2.19 bits per heavy atom. The Balaban J connectivity index is 2.43. The van der Waals surface area contributed by atoms with Crippen LogP contribution in [0.1, 0.15) is 53.7 Å². The minimum absolute atomic E-state index is 0.297. The third-order valence-corrected chi connectivity index (χ3v) is 5.05. The molecule has 0 saturated carbocycles. The van der Waals surface area contributed by atoms with Crippen molar-refractivity contribution < 1.29 is 9.90 Å². The maximum Gasteiger partial charge on any atom is 0.336 e. The summed E-state index contributed by atoms with van der Waals surface area (Å²) < 4.78 is 0. The molecule has 0 spiro atoms. The molecule has 0 amide bonds. The molecule has 1 aromatic carbocycles. The van der Waals surface area contributed by atoms with Crippen LogP contribution >= 0.6 is 23.2 Å². The number of halogens is 2. The third-order valence-electron chi connectivity index (χ3n) is 4.25. The predicted octanol–water partition coefficient (Wildman–Crippen LogP) is 5.07. The van der Waals surface area contributed by atoms with Gasteiger partial charge in [-0.2, -0.15) is 0 Å². The van der Waals surface area contributed by atoms with Crippen molar-refractivity contribution >= 4 is 40.1 Å². The van der Waals surface area contributed by atoms with Crippen molar-refractivity contribution in [1.82, 2.24) is 4.98 Å². The fourth-order valence-corrected chi connectivity index (χ4v) is 3.58. The molecule has 1 atom stereocenters. The molecule has 0 aliphatic heterocycles. The molecular formula is C16H15Cl2NO2. The largest absolute Gasteiger partial charge is 0.478 e. The van der Waals surface area contributed by atoms with Crippen molar-refractivity contribution in [2.24, 2.45) is 0 Å². The van der Waals surface area contributed by atoms with E-state index in [4.69, 9.17) is 28.2 Å². The highest BCUT2D eigenvalue weighted by atomic mass is 35.5. The van der Waals surface area contributed by atoms with Gasteiger partial charge in [-0.05, 0) is 37.3 Å². The quantitative estimate of drug-likeness (QED) is 0.839. The van der Waals surface area contributed by atoms with E-state index in [9.17, 15) is 9.90 Å². The SMILES string of the molecule is CCC1CCCc2c1nc1c(Cl)c(Cl)ccc1c2C(=O)O. The van der Waals surface area contributed by atoms with E-state index < -0.39 is 5.97 Å². The van der Waals surface area contributed by atoms with Crippen LogP contribution < -0.4 is 0 Å². The molecule has 21 heavy (non-hydrogen) atoms. The second-order valence-corrected chi connectivity index (χ2v) is 6.20. The van der Waals surface area contributed by atoms with Crippen LogP contribution in [-0.4, -0.2) is 16.1 Å². The fraction of sp³-hybridized carbons (Fsp3) is 0.375. The average Bonchev–Trinajstić information content (AvgIpc) is 2.48. The van der Waals surface area contributed by atoms with Crippen LogP contribution in [0.3, 0.4) is 0 Å². The van der Waals surface area contributed by atoms with Crippen LogP contribution in [0.5, 0.6) is 0 Å². The highest BCUT2D eigenvalue weighted by Crippen LogP contribution is 2.40. The zero-order chi connectivity index (χ0) is 15.1. The minimum atomic E-state index is -0.922. The highest BCUT2D eigenvalue weighted by molar-refractivity contribution is 6.45. The van der Waals surface area contributed by atoms with Gasteiger partial charge in [0.2, 0.25) is 0 Å². The zero-order valence-corrected chi connectivity index (χ0v) is 13.1. The Labute approximate surface area is 132 Å². The lowest BCUT2D eigenvalue weighted by molar-refractivity contribution is 0.0697. The Kier molecular flexibility index (Phi) is 3.80. The molecule has 1 aromatic heterocycles. The van der Waals surface area contributed by atoms with E-state index in [-0.39, 0.29) is 0 Å². The number of carboxylic acids is 1. The summed E-state index contributed by atoms with van der Waals surface area (Å²) in [6, 6.07) is 3.34. The van der Waals surface area contributed by atoms with Crippen molar-refractivity contribution in [3.8, 4) is 0 Å². The zero-order valence-electron chi connectivity index (χ0n) is 11.6. The van der Waals surface area contributed by atoms with Gasteiger partial charge in [-0.15, -0.1) is 0 Å². The first kappa shape index (κ1) is 14.6. The summed E-state index contributed by atoms with van der Waals surface area (Å²) in [4.78, 5) is 16.5. The average molecular weight is 324 g/mol. The second kappa shape index (κ2) is 5.47. The lowest BCUT2D eigenvalue weighted by Crippen LogP contribution is -2.17. The van der Waals surface area contributed by atoms with Gasteiger partial charge in [0.25, 0.3) is 0 Å². The molecular weight excluding hydrogens is 309 g/mol. The molecule has 2 aromatic rings. The van der Waals surface area contributed by atoms with Gasteiger partial charge in [-0.1, -0.05) is 36.2 Å². The number of aromatic carboxylic acids is 1. The Morgan fingerprint density at radius 1 is 1.43 bits per heavy atom. The normalized spacial score (nSPS) is 17.8. The molecule has 0 bridgehead atoms. The Morgan fingerprint density at radius 3 is 2.86 bits per heavy atom. The van der Waals surface area contributed by atoms with E-state index in [1.54, 1.807) is 12.1 Å². The number of carboxylic acid groups (broad SMARTS) is 1. The molecule has 1 aliphatic rings. The predicted molar refractivity (Wildman–Crippen MR) is 84.7 cm³/mol. The molecule has 3 nitrogen and oxygen atoms in total. The van der Waals surface area contributed by atoms with E-state index in [0.717, 1.165) is 36.9 Å². The van der Waals surface area contributed by atoms with E-state index in [0.29, 0.717) is 32.4 Å². The maximum atomic E-state index is 11.8. The minimum Gasteiger partial charge on any atom is -0.478 e. The number of benzene rings is 1. The van der Waals surface area contributed by atoms with Crippen LogP contribution in [0, 0.1) is 0 Å². The monoisotopic (exact) mass is 323 g/mol. The molecule has 0 radical (unpaired) electrons. The van der Waals surface area contributed by atoms with Gasteiger partial charge in [0.05, 0.1) is 21.1 Å². The van der Waals surface area contributed by atoms with Crippen molar-refractivity contribution in [1.29, 1.82) is 0 Å². The van der Waals surface area contributed by atoms with Crippen molar-refractivity contribution in [2.45, 2.75) is 38.5 Å². The molecule has 1 aliphatic carbocycles. The van der Waals surface area contributed by atoms with Crippen LogP contribution in [-0.2, 0) is 6.42 Å². The first-order valence-corrected chi connectivity index (χ1v) is 7.84. The summed E-state index contributed by atoms with van der Waals surface area (Å²) in [6.45, 7) is 2.10. The lowest BCUT2D eigenvalue weighted by atomic mass is 9.82. The highest BCUT2D eigenvalue weighted by Gasteiger charge is 2.28. The van der Waals surface area contributed by atoms with E-state index in [1.165, 1.54) is 0 Å². The molecule has 5 heteroatoms. The van der Waals surface area contributed by atoms with Gasteiger partial charge < -0.3 is 5.11 Å². The number of nitrogens with zero attached hydrogens (tertiary/aromatic N) is 1. The summed E-state index contributed by atoms with van der Waals surface area (Å²) >= 11 is 12.3. The van der Waals surface area contributed by atoms with Gasteiger partial charge in [0, 0.05) is 17.0 Å². The van der Waals surface area contributed by atoms with Crippen LogP contribution in [0.2, 0.25) is 10.0 Å². The number of hydrogen-bond donors (Lipinski definition) is 1. The number of hydrogen-bond acceptors (Lipinski definition) is 2. The number of aromatic nitrogens is 1. The fourth-order valence-electron chi connectivity index (χ4n) is 3.22. The van der Waals surface area contributed by atoms with E-state index >= 15 is 0 Å². The summed E-state index contributed by atoms with van der Waals surface area (Å²) in [7, 11) is 0. The standard InChI is InChI=1S/C16H15Cl2NO2/c1-2-8-4-3-5-9-12(16(20)21)10-6-7-11(17)13(18)15(10)19-14(8)9/h6-8H,2-5H2,1H3,(H,20,21). The smallest absolute Gasteiger partial charge is 0.336 e. The van der Waals surface area contributed by atoms with Crippen LogP contribution in [0.15, 0.2) is 12.1 Å². The molecule has 0 saturated heterocycles. The maximum absolute atomic E-state index is 11.8. The van der Waals surface area contributed by atoms with Gasteiger partial charge in [-0.3, -0.25) is 4.98 Å². The number of carbonyl (C=O) groups is 1. The number of fused-ring (bicyclic) bond motifs is 2. The van der Waals surface area contributed by atoms with Gasteiger partial charge >= 0.3 is 5.97 Å². The molecule has 3 rings (SSSR count). The summed E-state index contributed by atoms with van der Waals surface area (Å²) in [5.74, 6) is -0.625. The molecule has 1 heterocycles. The Hall–Kier alpha value is -1.32. The van der Waals surface area contributed by atoms with E-state index in [1.807, 2.05) is 0 Å². The first-order valence-electron chi connectivity index (χ1n) is 7.08. The number of rotatable bonds is 2. The van der Waals surface area contributed by atoms with Gasteiger partial charge in [0.15, 0.2) is 0 Å². The molecule has 110 valence electrons. The van der Waals surface area contributed by atoms with Crippen LogP contribution in [0.25, 0.3) is 10.9 Å². The van der Waals surface area contributed by atoms with Crippen molar-refractivity contribution in [3.63, 3.8) is 0 Å². The second-order valence-electron chi connectivity index (χ2n) is 5.41. The third kappa shape index (κ3) is 2.29. The van der Waals surface area contributed by atoms with Gasteiger partial charge in [-0.25, -0.2) is 4.79 Å². The summed E-state index contributed by atoms with van der Waals surface area (Å²) in [5.41, 5.74) is 2.59. The van der Waals surface area contributed by atoms with Crippen LogP contribution in [0.4, 0.5) is 0 Å². The molecule has 1 unspecified atom stereocenters. The Bertz CT molecular complexity index is 743. The lowest BCUT2D eigenvalue weighted by Gasteiger charge is -2.26. The number of pyridine rings is 1. The van der Waals surface area contributed by atoms with E-state index in [2.05, 4.69) is 6.92 Å².